The van der Waals surface area contributed by atoms with Gasteiger partial charge in [-0.05, 0) is 48.6 Å². The minimum atomic E-state index is 0.135. The SMILES string of the molecule is COc1cccc2c1NC(=NCc1cccc(Cl)c1)C1(CCCCC1)C2. The van der Waals surface area contributed by atoms with Crippen molar-refractivity contribution in [3.63, 3.8) is 0 Å². The highest BCUT2D eigenvalue weighted by Crippen LogP contribution is 2.47. The van der Waals surface area contributed by atoms with Crippen LogP contribution in [-0.4, -0.2) is 12.9 Å². The number of hydrogen-bond donors (Lipinski definition) is 1. The fourth-order valence-corrected chi connectivity index (χ4v) is 4.60. The summed E-state index contributed by atoms with van der Waals surface area (Å²) in [6.45, 7) is 0.648. The molecule has 1 spiro atoms. The third-order valence-corrected chi connectivity index (χ3v) is 5.96. The molecule has 1 aliphatic carbocycles. The van der Waals surface area contributed by atoms with Crippen LogP contribution in [0.2, 0.25) is 5.02 Å². The molecule has 26 heavy (non-hydrogen) atoms. The Kier molecular flexibility index (Phi) is 4.90. The summed E-state index contributed by atoms with van der Waals surface area (Å²) in [7, 11) is 1.73. The van der Waals surface area contributed by atoms with Gasteiger partial charge in [0.05, 0.1) is 19.3 Å². The molecule has 1 heterocycles. The van der Waals surface area contributed by atoms with Crippen LogP contribution in [0.5, 0.6) is 5.75 Å². The highest BCUT2D eigenvalue weighted by Gasteiger charge is 2.41. The highest BCUT2D eigenvalue weighted by molar-refractivity contribution is 6.30. The zero-order chi connectivity index (χ0) is 18.0. The Morgan fingerprint density at radius 2 is 1.92 bits per heavy atom. The van der Waals surface area contributed by atoms with Crippen LogP contribution < -0.4 is 10.1 Å². The van der Waals surface area contributed by atoms with E-state index in [1.807, 2.05) is 24.3 Å². The number of methoxy groups -OCH3 is 1. The molecule has 4 heteroatoms. The summed E-state index contributed by atoms with van der Waals surface area (Å²) in [5.74, 6) is 2.01. The van der Waals surface area contributed by atoms with E-state index >= 15 is 0 Å². The molecule has 0 bridgehead atoms. The lowest BCUT2D eigenvalue weighted by atomic mass is 9.67. The lowest BCUT2D eigenvalue weighted by Crippen LogP contribution is -2.43. The molecule has 4 rings (SSSR count). The molecule has 1 fully saturated rings. The van der Waals surface area contributed by atoms with Crippen molar-refractivity contribution in [3.05, 3.63) is 58.6 Å². The van der Waals surface area contributed by atoms with Gasteiger partial charge in [0.15, 0.2) is 0 Å². The maximum Gasteiger partial charge on any atom is 0.142 e. The highest BCUT2D eigenvalue weighted by atomic mass is 35.5. The Morgan fingerprint density at radius 3 is 2.69 bits per heavy atom. The topological polar surface area (TPSA) is 33.6 Å². The molecule has 0 atom stereocenters. The molecular formula is C22H25ClN2O. The van der Waals surface area contributed by atoms with Crippen molar-refractivity contribution in [1.82, 2.24) is 0 Å². The first-order chi connectivity index (χ1) is 12.7. The van der Waals surface area contributed by atoms with Crippen LogP contribution in [0, 0.1) is 5.41 Å². The molecule has 1 N–H and O–H groups in total. The van der Waals surface area contributed by atoms with Gasteiger partial charge in [0.1, 0.15) is 11.6 Å². The molecule has 2 aromatic rings. The number of halogens is 1. The molecule has 0 unspecified atom stereocenters. The minimum absolute atomic E-state index is 0.135. The lowest BCUT2D eigenvalue weighted by Gasteiger charge is -2.43. The second-order valence-electron chi connectivity index (χ2n) is 7.43. The molecule has 2 aliphatic rings. The van der Waals surface area contributed by atoms with Gasteiger partial charge in [0, 0.05) is 10.4 Å². The molecule has 1 aliphatic heterocycles. The van der Waals surface area contributed by atoms with Gasteiger partial charge in [-0.15, -0.1) is 0 Å². The number of anilines is 1. The molecular weight excluding hydrogens is 344 g/mol. The summed E-state index contributed by atoms with van der Waals surface area (Å²) in [5, 5.41) is 4.42. The number of fused-ring (bicyclic) bond motifs is 1. The Morgan fingerprint density at radius 1 is 1.12 bits per heavy atom. The zero-order valence-corrected chi connectivity index (χ0v) is 16.0. The van der Waals surface area contributed by atoms with Crippen LogP contribution >= 0.6 is 11.6 Å². The van der Waals surface area contributed by atoms with Crippen molar-refractivity contribution < 1.29 is 4.74 Å². The van der Waals surface area contributed by atoms with Crippen LogP contribution in [0.4, 0.5) is 5.69 Å². The number of aliphatic imine (C=N–C) groups is 1. The third kappa shape index (κ3) is 3.33. The summed E-state index contributed by atoms with van der Waals surface area (Å²) in [6, 6.07) is 14.3. The first-order valence-electron chi connectivity index (χ1n) is 9.42. The van der Waals surface area contributed by atoms with Crippen molar-refractivity contribution in [2.75, 3.05) is 12.4 Å². The quantitative estimate of drug-likeness (QED) is 0.735. The summed E-state index contributed by atoms with van der Waals surface area (Å²) in [6.07, 6.45) is 7.32. The molecule has 0 saturated heterocycles. The molecule has 0 aromatic heterocycles. The van der Waals surface area contributed by atoms with E-state index in [0.717, 1.165) is 34.3 Å². The first-order valence-corrected chi connectivity index (χ1v) is 9.80. The van der Waals surface area contributed by atoms with Crippen molar-refractivity contribution in [1.29, 1.82) is 0 Å². The zero-order valence-electron chi connectivity index (χ0n) is 15.2. The number of ether oxygens (including phenoxy) is 1. The number of benzene rings is 2. The summed E-state index contributed by atoms with van der Waals surface area (Å²) >= 11 is 6.13. The van der Waals surface area contributed by atoms with Crippen molar-refractivity contribution in [2.24, 2.45) is 10.4 Å². The van der Waals surface area contributed by atoms with E-state index in [0.29, 0.717) is 6.54 Å². The van der Waals surface area contributed by atoms with Gasteiger partial charge in [-0.3, -0.25) is 4.99 Å². The second kappa shape index (κ2) is 7.32. The van der Waals surface area contributed by atoms with E-state index < -0.39 is 0 Å². The molecule has 1 saturated carbocycles. The van der Waals surface area contributed by atoms with Crippen molar-refractivity contribution in [3.8, 4) is 5.75 Å². The van der Waals surface area contributed by atoms with Gasteiger partial charge >= 0.3 is 0 Å². The fraction of sp³-hybridized carbons (Fsp3) is 0.409. The summed E-state index contributed by atoms with van der Waals surface area (Å²) < 4.78 is 5.58. The fourth-order valence-electron chi connectivity index (χ4n) is 4.39. The predicted molar refractivity (Wildman–Crippen MR) is 108 cm³/mol. The normalized spacial score (nSPS) is 19.8. The minimum Gasteiger partial charge on any atom is -0.495 e. The average molecular weight is 369 g/mol. The third-order valence-electron chi connectivity index (χ3n) is 5.73. The first kappa shape index (κ1) is 17.4. The van der Waals surface area contributed by atoms with Gasteiger partial charge in [0.25, 0.3) is 0 Å². The van der Waals surface area contributed by atoms with E-state index in [1.54, 1.807) is 7.11 Å². The number of nitrogens with one attached hydrogen (secondary N) is 1. The van der Waals surface area contributed by atoms with Gasteiger partial charge in [-0.1, -0.05) is 55.1 Å². The van der Waals surface area contributed by atoms with Crippen molar-refractivity contribution >= 4 is 23.1 Å². The molecule has 0 radical (unpaired) electrons. The van der Waals surface area contributed by atoms with Gasteiger partial charge in [0.2, 0.25) is 0 Å². The van der Waals surface area contributed by atoms with Crippen LogP contribution in [-0.2, 0) is 13.0 Å². The van der Waals surface area contributed by atoms with Crippen LogP contribution in [0.25, 0.3) is 0 Å². The average Bonchev–Trinajstić information content (AvgIpc) is 2.66. The van der Waals surface area contributed by atoms with Crippen molar-refractivity contribution in [2.45, 2.75) is 45.1 Å². The molecule has 2 aromatic carbocycles. The second-order valence-corrected chi connectivity index (χ2v) is 7.87. The summed E-state index contributed by atoms with van der Waals surface area (Å²) in [5.41, 5.74) is 3.70. The molecule has 0 amide bonds. The Balaban J connectivity index is 1.70. The molecule has 136 valence electrons. The maximum atomic E-state index is 6.13. The number of nitrogens with zero attached hydrogens (tertiary/aromatic N) is 1. The smallest absolute Gasteiger partial charge is 0.142 e. The number of rotatable bonds is 3. The Bertz CT molecular complexity index is 825. The van der Waals surface area contributed by atoms with E-state index in [4.69, 9.17) is 21.3 Å². The van der Waals surface area contributed by atoms with Gasteiger partial charge in [-0.2, -0.15) is 0 Å². The van der Waals surface area contributed by atoms with E-state index in [9.17, 15) is 0 Å². The predicted octanol–water partition coefficient (Wildman–Crippen LogP) is 5.87. The monoisotopic (exact) mass is 368 g/mol. The van der Waals surface area contributed by atoms with Crippen LogP contribution in [0.15, 0.2) is 47.5 Å². The van der Waals surface area contributed by atoms with Crippen LogP contribution in [0.1, 0.15) is 43.2 Å². The lowest BCUT2D eigenvalue weighted by molar-refractivity contribution is 0.277. The largest absolute Gasteiger partial charge is 0.495 e. The Labute approximate surface area is 160 Å². The van der Waals surface area contributed by atoms with E-state index in [2.05, 4.69) is 23.5 Å². The van der Waals surface area contributed by atoms with Gasteiger partial charge < -0.3 is 10.1 Å². The van der Waals surface area contributed by atoms with Crippen LogP contribution in [0.3, 0.4) is 0 Å². The Hall–Kier alpha value is -2.00. The number of hydrogen-bond acceptors (Lipinski definition) is 2. The maximum absolute atomic E-state index is 6.13. The van der Waals surface area contributed by atoms with E-state index in [1.165, 1.54) is 37.7 Å². The summed E-state index contributed by atoms with van der Waals surface area (Å²) in [4.78, 5) is 5.04. The standard InChI is InChI=1S/C22H25ClN2O/c1-26-19-10-6-8-17-14-22(11-3-2-4-12-22)21(25-20(17)19)24-15-16-7-5-9-18(23)13-16/h5-10,13H,2-4,11-12,14-15H2,1H3,(H,24,25). The number of para-hydroxylation sites is 1. The van der Waals surface area contributed by atoms with E-state index in [-0.39, 0.29) is 5.41 Å². The number of amidine groups is 1. The molecule has 3 nitrogen and oxygen atoms in total. The van der Waals surface area contributed by atoms with Gasteiger partial charge in [-0.25, -0.2) is 0 Å².